The molecular formula is C15H9ClF2O3. The van der Waals surface area contributed by atoms with Crippen LogP contribution in [-0.4, -0.2) is 11.1 Å². The molecular weight excluding hydrogens is 302 g/mol. The van der Waals surface area contributed by atoms with E-state index in [-0.39, 0.29) is 22.1 Å². The Morgan fingerprint density at radius 1 is 1.24 bits per heavy atom. The van der Waals surface area contributed by atoms with Gasteiger partial charge in [0.1, 0.15) is 11.6 Å². The maximum atomic E-state index is 13.7. The minimum absolute atomic E-state index is 0.0289. The van der Waals surface area contributed by atoms with Gasteiger partial charge in [-0.2, -0.15) is 0 Å². The van der Waals surface area contributed by atoms with Crippen LogP contribution in [0.15, 0.2) is 42.5 Å². The maximum absolute atomic E-state index is 13.7. The Kier molecular flexibility index (Phi) is 4.55. The molecule has 6 heteroatoms. The summed E-state index contributed by atoms with van der Waals surface area (Å²) < 4.78 is 32.4. The van der Waals surface area contributed by atoms with Crippen molar-refractivity contribution < 1.29 is 23.4 Å². The second-order valence-electron chi connectivity index (χ2n) is 4.05. The molecule has 2 rings (SSSR count). The quantitative estimate of drug-likeness (QED) is 0.845. The number of carboxylic acid groups (broad SMARTS) is 1. The van der Waals surface area contributed by atoms with Crippen molar-refractivity contribution >= 4 is 23.6 Å². The molecule has 0 amide bonds. The Labute approximate surface area is 124 Å². The van der Waals surface area contributed by atoms with E-state index >= 15 is 0 Å². The Morgan fingerprint density at radius 2 is 2.00 bits per heavy atom. The summed E-state index contributed by atoms with van der Waals surface area (Å²) in [6.07, 6.45) is 2.06. The van der Waals surface area contributed by atoms with Crippen LogP contribution in [0.3, 0.4) is 0 Å². The van der Waals surface area contributed by atoms with Gasteiger partial charge in [0.05, 0.1) is 5.02 Å². The summed E-state index contributed by atoms with van der Waals surface area (Å²) in [5.41, 5.74) is 0.273. The molecule has 0 spiro atoms. The van der Waals surface area contributed by atoms with E-state index in [0.717, 1.165) is 18.2 Å². The van der Waals surface area contributed by atoms with Crippen LogP contribution in [-0.2, 0) is 4.79 Å². The standard InChI is InChI=1S/C15H9ClF2O3/c16-12-2-1-3-13(15(12)18)21-11-7-9(4-5-14(19)20)6-10(17)8-11/h1-8H,(H,19,20)/b5-4+. The maximum Gasteiger partial charge on any atom is 0.328 e. The van der Waals surface area contributed by atoms with Crippen LogP contribution in [0.5, 0.6) is 11.5 Å². The number of ether oxygens (including phenoxy) is 1. The van der Waals surface area contributed by atoms with Crippen molar-refractivity contribution in [2.75, 3.05) is 0 Å². The largest absolute Gasteiger partial charge is 0.478 e. The number of carbonyl (C=O) groups is 1. The van der Waals surface area contributed by atoms with Gasteiger partial charge in [-0.25, -0.2) is 13.6 Å². The molecule has 0 unspecified atom stereocenters. The van der Waals surface area contributed by atoms with Crippen LogP contribution in [0.4, 0.5) is 8.78 Å². The third-order valence-corrected chi connectivity index (χ3v) is 2.75. The third kappa shape index (κ3) is 4.03. The van der Waals surface area contributed by atoms with Crippen molar-refractivity contribution in [1.82, 2.24) is 0 Å². The van der Waals surface area contributed by atoms with Gasteiger partial charge in [0.2, 0.25) is 0 Å². The third-order valence-electron chi connectivity index (χ3n) is 2.46. The number of benzene rings is 2. The lowest BCUT2D eigenvalue weighted by atomic mass is 10.2. The lowest BCUT2D eigenvalue weighted by Gasteiger charge is -2.08. The topological polar surface area (TPSA) is 46.5 Å². The first-order valence-corrected chi connectivity index (χ1v) is 6.17. The van der Waals surface area contributed by atoms with E-state index in [9.17, 15) is 13.6 Å². The molecule has 0 heterocycles. The van der Waals surface area contributed by atoms with Gasteiger partial charge in [-0.3, -0.25) is 0 Å². The predicted molar refractivity (Wildman–Crippen MR) is 74.6 cm³/mol. The van der Waals surface area contributed by atoms with E-state index in [1.165, 1.54) is 30.3 Å². The minimum atomic E-state index is -1.16. The van der Waals surface area contributed by atoms with Crippen molar-refractivity contribution in [3.05, 3.63) is 64.7 Å². The normalized spacial score (nSPS) is 10.8. The lowest BCUT2D eigenvalue weighted by Crippen LogP contribution is -1.91. The van der Waals surface area contributed by atoms with Gasteiger partial charge in [-0.15, -0.1) is 0 Å². The summed E-state index contributed by atoms with van der Waals surface area (Å²) in [5.74, 6) is -2.68. The van der Waals surface area contributed by atoms with E-state index in [4.69, 9.17) is 21.4 Å². The molecule has 0 aromatic heterocycles. The predicted octanol–water partition coefficient (Wildman–Crippen LogP) is 4.51. The Bertz CT molecular complexity index is 714. The molecule has 1 N–H and O–H groups in total. The van der Waals surface area contributed by atoms with Gasteiger partial charge in [-0.1, -0.05) is 17.7 Å². The number of rotatable bonds is 4. The fourth-order valence-corrected chi connectivity index (χ4v) is 1.76. The molecule has 0 radical (unpaired) electrons. The smallest absolute Gasteiger partial charge is 0.328 e. The molecule has 0 bridgehead atoms. The van der Waals surface area contributed by atoms with Gasteiger partial charge >= 0.3 is 5.97 Å². The summed E-state index contributed by atoms with van der Waals surface area (Å²) in [7, 11) is 0. The summed E-state index contributed by atoms with van der Waals surface area (Å²) in [6, 6.07) is 7.75. The highest BCUT2D eigenvalue weighted by atomic mass is 35.5. The van der Waals surface area contributed by atoms with E-state index in [1.54, 1.807) is 0 Å². The summed E-state index contributed by atoms with van der Waals surface area (Å²) in [6.45, 7) is 0. The van der Waals surface area contributed by atoms with Crippen LogP contribution >= 0.6 is 11.6 Å². The Balaban J connectivity index is 2.32. The average molecular weight is 311 g/mol. The van der Waals surface area contributed by atoms with Crippen molar-refractivity contribution in [3.8, 4) is 11.5 Å². The number of hydrogen-bond donors (Lipinski definition) is 1. The zero-order valence-electron chi connectivity index (χ0n) is 10.5. The van der Waals surface area contributed by atoms with Crippen molar-refractivity contribution in [2.45, 2.75) is 0 Å². The summed E-state index contributed by atoms with van der Waals surface area (Å²) in [4.78, 5) is 10.4. The van der Waals surface area contributed by atoms with Crippen molar-refractivity contribution in [2.24, 2.45) is 0 Å². The van der Waals surface area contributed by atoms with Gasteiger partial charge in [0, 0.05) is 12.1 Å². The van der Waals surface area contributed by atoms with E-state index in [0.29, 0.717) is 0 Å². The highest BCUT2D eigenvalue weighted by Gasteiger charge is 2.09. The average Bonchev–Trinajstić information content (AvgIpc) is 2.41. The molecule has 2 aromatic carbocycles. The minimum Gasteiger partial charge on any atom is -0.478 e. The molecule has 0 aliphatic heterocycles. The van der Waals surface area contributed by atoms with Gasteiger partial charge < -0.3 is 9.84 Å². The molecule has 0 atom stereocenters. The zero-order valence-corrected chi connectivity index (χ0v) is 11.3. The Hall–Kier alpha value is -2.40. The number of aliphatic carboxylic acids is 1. The highest BCUT2D eigenvalue weighted by molar-refractivity contribution is 6.30. The summed E-state index contributed by atoms with van der Waals surface area (Å²) in [5, 5.41) is 8.42. The second-order valence-corrected chi connectivity index (χ2v) is 4.45. The van der Waals surface area contributed by atoms with Gasteiger partial charge in [0.15, 0.2) is 11.6 Å². The van der Waals surface area contributed by atoms with E-state index in [1.807, 2.05) is 0 Å². The molecule has 3 nitrogen and oxygen atoms in total. The number of hydrogen-bond acceptors (Lipinski definition) is 2. The molecule has 0 saturated carbocycles. The van der Waals surface area contributed by atoms with Crippen molar-refractivity contribution in [1.29, 1.82) is 0 Å². The first-order valence-electron chi connectivity index (χ1n) is 5.79. The zero-order chi connectivity index (χ0) is 15.4. The monoisotopic (exact) mass is 310 g/mol. The fourth-order valence-electron chi connectivity index (χ4n) is 1.60. The molecule has 0 aliphatic carbocycles. The van der Waals surface area contributed by atoms with Crippen molar-refractivity contribution in [3.63, 3.8) is 0 Å². The van der Waals surface area contributed by atoms with Crippen LogP contribution in [0, 0.1) is 11.6 Å². The Morgan fingerprint density at radius 3 is 2.71 bits per heavy atom. The van der Waals surface area contributed by atoms with Crippen LogP contribution in [0.2, 0.25) is 5.02 Å². The molecule has 0 saturated heterocycles. The first kappa shape index (κ1) is 15.0. The molecule has 0 fully saturated rings. The molecule has 0 aliphatic rings. The van der Waals surface area contributed by atoms with E-state index in [2.05, 4.69) is 0 Å². The van der Waals surface area contributed by atoms with E-state index < -0.39 is 17.6 Å². The second kappa shape index (κ2) is 6.37. The highest BCUT2D eigenvalue weighted by Crippen LogP contribution is 2.29. The SMILES string of the molecule is O=C(O)/C=C/c1cc(F)cc(Oc2cccc(Cl)c2F)c1. The van der Waals surface area contributed by atoms with Gasteiger partial charge in [-0.05, 0) is 35.9 Å². The lowest BCUT2D eigenvalue weighted by molar-refractivity contribution is -0.131. The number of carboxylic acids is 1. The van der Waals surface area contributed by atoms with Gasteiger partial charge in [0.25, 0.3) is 0 Å². The van der Waals surface area contributed by atoms with Crippen LogP contribution in [0.25, 0.3) is 6.08 Å². The molecule has 108 valence electrons. The van der Waals surface area contributed by atoms with Crippen LogP contribution < -0.4 is 4.74 Å². The first-order chi connectivity index (χ1) is 9.95. The fraction of sp³-hybridized carbons (Fsp3) is 0. The summed E-state index contributed by atoms with van der Waals surface area (Å²) >= 11 is 5.62. The molecule has 21 heavy (non-hydrogen) atoms. The van der Waals surface area contributed by atoms with Crippen LogP contribution in [0.1, 0.15) is 5.56 Å². The number of halogens is 3. The molecule has 2 aromatic rings.